The van der Waals surface area contributed by atoms with Crippen molar-refractivity contribution in [3.63, 3.8) is 0 Å². The summed E-state index contributed by atoms with van der Waals surface area (Å²) < 4.78 is 29.2. The summed E-state index contributed by atoms with van der Waals surface area (Å²) in [5.41, 5.74) is 0.997. The Balaban J connectivity index is 2.64. The van der Waals surface area contributed by atoms with E-state index >= 15 is 0 Å². The molecule has 0 heterocycles. The Hall–Kier alpha value is -1.40. The highest BCUT2D eigenvalue weighted by Gasteiger charge is 2.27. The first-order chi connectivity index (χ1) is 10.8. The third-order valence-corrected chi connectivity index (χ3v) is 5.65. The number of hydrogen-bond acceptors (Lipinski definition) is 4. The quantitative estimate of drug-likeness (QED) is 0.691. The summed E-state index contributed by atoms with van der Waals surface area (Å²) in [7, 11) is -3.12. The number of carbonyl (C=O) groups excluding carboxylic acids is 1. The minimum absolute atomic E-state index is 0.0194. The number of ether oxygens (including phenoxy) is 1. The van der Waals surface area contributed by atoms with Gasteiger partial charge in [-0.3, -0.25) is 4.79 Å². The number of carbonyl (C=O) groups is 1. The number of likely N-dealkylation sites (N-methyl/N-ethyl adjacent to an activating group) is 1. The minimum Gasteiger partial charge on any atom is -0.364 e. The molecule has 0 unspecified atom stereocenters. The van der Waals surface area contributed by atoms with Crippen molar-refractivity contribution >= 4 is 15.7 Å². The van der Waals surface area contributed by atoms with Crippen molar-refractivity contribution in [2.24, 2.45) is 0 Å². The Morgan fingerprint density at radius 2 is 1.78 bits per heavy atom. The molecule has 0 saturated carbocycles. The Kier molecular flexibility index (Phi) is 7.72. The second-order valence-corrected chi connectivity index (χ2v) is 8.01. The molecule has 5 nitrogen and oxygen atoms in total. The largest absolute Gasteiger partial charge is 0.364 e. The first-order valence-corrected chi connectivity index (χ1v) is 9.79. The van der Waals surface area contributed by atoms with Crippen molar-refractivity contribution in [3.8, 4) is 0 Å². The Morgan fingerprint density at radius 3 is 2.30 bits per heavy atom. The molecule has 130 valence electrons. The van der Waals surface area contributed by atoms with Gasteiger partial charge in [-0.05, 0) is 26.3 Å². The van der Waals surface area contributed by atoms with Gasteiger partial charge in [-0.2, -0.15) is 0 Å². The zero-order valence-corrected chi connectivity index (χ0v) is 15.2. The predicted molar refractivity (Wildman–Crippen MR) is 91.9 cm³/mol. The molecular weight excluding hydrogens is 314 g/mol. The van der Waals surface area contributed by atoms with E-state index in [2.05, 4.69) is 0 Å². The highest BCUT2D eigenvalue weighted by atomic mass is 32.2. The fourth-order valence-corrected chi connectivity index (χ4v) is 3.51. The topological polar surface area (TPSA) is 63.7 Å². The molecule has 0 saturated heterocycles. The zero-order chi connectivity index (χ0) is 17.5. The van der Waals surface area contributed by atoms with Crippen LogP contribution in [0.1, 0.15) is 33.3 Å². The summed E-state index contributed by atoms with van der Waals surface area (Å²) in [5.74, 6) is -0.111. The van der Waals surface area contributed by atoms with Crippen LogP contribution < -0.4 is 0 Å². The maximum Gasteiger partial charge on any atom is 0.251 e. The molecule has 0 aliphatic carbocycles. The van der Waals surface area contributed by atoms with Crippen molar-refractivity contribution in [2.75, 3.05) is 18.1 Å². The van der Waals surface area contributed by atoms with Crippen LogP contribution in [0.2, 0.25) is 0 Å². The average Bonchev–Trinajstić information content (AvgIpc) is 2.53. The number of hydrogen-bond donors (Lipinski definition) is 0. The van der Waals surface area contributed by atoms with Gasteiger partial charge in [-0.15, -0.1) is 0 Å². The summed E-state index contributed by atoms with van der Waals surface area (Å²) in [6.07, 6.45) is -0.609. The lowest BCUT2D eigenvalue weighted by atomic mass is 10.2. The number of amides is 1. The standard InChI is InChI=1S/C17H27NO4S/c1-5-18(14(3)13-23(20,21)6-2)17(19)15(4)22-12-16-10-8-7-9-11-16/h7-11,14-15H,5-6,12-13H2,1-4H3/t14-,15-/m0/s1. The predicted octanol–water partition coefficient (Wildman–Crippen LogP) is 2.26. The van der Waals surface area contributed by atoms with E-state index < -0.39 is 15.9 Å². The van der Waals surface area contributed by atoms with E-state index in [1.165, 1.54) is 0 Å². The van der Waals surface area contributed by atoms with Gasteiger partial charge in [0, 0.05) is 18.3 Å². The zero-order valence-electron chi connectivity index (χ0n) is 14.4. The lowest BCUT2D eigenvalue weighted by molar-refractivity contribution is -0.144. The molecule has 0 aliphatic heterocycles. The highest BCUT2D eigenvalue weighted by Crippen LogP contribution is 2.10. The number of sulfone groups is 1. The number of rotatable bonds is 9. The van der Waals surface area contributed by atoms with Crippen molar-refractivity contribution < 1.29 is 17.9 Å². The van der Waals surface area contributed by atoms with Gasteiger partial charge >= 0.3 is 0 Å². The molecule has 0 radical (unpaired) electrons. The van der Waals surface area contributed by atoms with Crippen molar-refractivity contribution in [1.82, 2.24) is 4.90 Å². The number of benzene rings is 1. The van der Waals surface area contributed by atoms with Crippen LogP contribution in [0.5, 0.6) is 0 Å². The monoisotopic (exact) mass is 341 g/mol. The highest BCUT2D eigenvalue weighted by molar-refractivity contribution is 7.91. The normalized spacial score (nSPS) is 14.3. The second kappa shape index (κ2) is 9.03. The molecule has 6 heteroatoms. The van der Waals surface area contributed by atoms with Gasteiger partial charge < -0.3 is 9.64 Å². The lowest BCUT2D eigenvalue weighted by Gasteiger charge is -2.30. The molecule has 1 aromatic rings. The lowest BCUT2D eigenvalue weighted by Crippen LogP contribution is -2.47. The third-order valence-electron chi connectivity index (χ3n) is 3.78. The summed E-state index contributed by atoms with van der Waals surface area (Å²) >= 11 is 0. The molecule has 0 spiro atoms. The molecule has 2 atom stereocenters. The van der Waals surface area contributed by atoms with Crippen molar-refractivity contribution in [3.05, 3.63) is 35.9 Å². The van der Waals surface area contributed by atoms with Gasteiger partial charge in [-0.1, -0.05) is 37.3 Å². The van der Waals surface area contributed by atoms with Crippen LogP contribution in [0.25, 0.3) is 0 Å². The second-order valence-electron chi connectivity index (χ2n) is 5.61. The van der Waals surface area contributed by atoms with Crippen LogP contribution in [0, 0.1) is 0 Å². The molecular formula is C17H27NO4S. The Labute approximate surface area is 139 Å². The van der Waals surface area contributed by atoms with Crippen LogP contribution >= 0.6 is 0 Å². The molecule has 23 heavy (non-hydrogen) atoms. The summed E-state index contributed by atoms with van der Waals surface area (Å²) in [6, 6.07) is 9.27. The summed E-state index contributed by atoms with van der Waals surface area (Å²) in [5, 5.41) is 0. The molecule has 1 aromatic carbocycles. The van der Waals surface area contributed by atoms with E-state index in [4.69, 9.17) is 4.74 Å². The van der Waals surface area contributed by atoms with Gasteiger partial charge in [0.1, 0.15) is 6.10 Å². The van der Waals surface area contributed by atoms with Crippen LogP contribution in [-0.4, -0.2) is 49.4 Å². The van der Waals surface area contributed by atoms with Gasteiger partial charge in [0.2, 0.25) is 0 Å². The van der Waals surface area contributed by atoms with Crippen LogP contribution in [-0.2, 0) is 26.0 Å². The SMILES string of the molecule is CCN(C(=O)[C@H](C)OCc1ccccc1)[C@@H](C)CS(=O)(=O)CC. The first-order valence-electron chi connectivity index (χ1n) is 7.97. The maximum absolute atomic E-state index is 12.5. The fraction of sp³-hybridized carbons (Fsp3) is 0.588. The smallest absolute Gasteiger partial charge is 0.251 e. The van der Waals surface area contributed by atoms with E-state index in [1.54, 1.807) is 25.7 Å². The third kappa shape index (κ3) is 6.31. The van der Waals surface area contributed by atoms with E-state index in [0.717, 1.165) is 5.56 Å². The Bertz CT molecular complexity index is 586. The van der Waals surface area contributed by atoms with Crippen molar-refractivity contribution in [1.29, 1.82) is 0 Å². The molecule has 0 aliphatic rings. The average molecular weight is 341 g/mol. The Morgan fingerprint density at radius 1 is 1.17 bits per heavy atom. The number of nitrogens with zero attached hydrogens (tertiary/aromatic N) is 1. The summed E-state index contributed by atoms with van der Waals surface area (Å²) in [6.45, 7) is 7.74. The maximum atomic E-state index is 12.5. The van der Waals surface area contributed by atoms with Gasteiger partial charge in [0.05, 0.1) is 12.4 Å². The van der Waals surface area contributed by atoms with Crippen LogP contribution in [0.3, 0.4) is 0 Å². The van der Waals surface area contributed by atoms with E-state index in [0.29, 0.717) is 13.2 Å². The first kappa shape index (κ1) is 19.6. The van der Waals surface area contributed by atoms with Crippen molar-refractivity contribution in [2.45, 2.75) is 46.4 Å². The molecule has 0 bridgehead atoms. The minimum atomic E-state index is -3.12. The van der Waals surface area contributed by atoms with Crippen LogP contribution in [0.15, 0.2) is 30.3 Å². The molecule has 1 rings (SSSR count). The van der Waals surface area contributed by atoms with Gasteiger partial charge in [0.25, 0.3) is 5.91 Å². The van der Waals surface area contributed by atoms with Gasteiger partial charge in [-0.25, -0.2) is 8.42 Å². The molecule has 0 N–H and O–H groups in total. The van der Waals surface area contributed by atoms with E-state index in [-0.39, 0.29) is 23.5 Å². The van der Waals surface area contributed by atoms with E-state index in [9.17, 15) is 13.2 Å². The van der Waals surface area contributed by atoms with E-state index in [1.807, 2.05) is 37.3 Å². The molecule has 0 aromatic heterocycles. The van der Waals surface area contributed by atoms with Gasteiger partial charge in [0.15, 0.2) is 9.84 Å². The fourth-order valence-electron chi connectivity index (χ4n) is 2.36. The van der Waals surface area contributed by atoms with Crippen LogP contribution in [0.4, 0.5) is 0 Å². The summed E-state index contributed by atoms with van der Waals surface area (Å²) in [4.78, 5) is 14.1. The molecule has 0 fully saturated rings. The molecule has 1 amide bonds.